The fraction of sp³-hybridized carbons (Fsp3) is 0.373. The molecule has 0 aromatic heterocycles. The van der Waals surface area contributed by atoms with E-state index in [1.54, 1.807) is 0 Å². The largest absolute Gasteiger partial charge is 0.251 e. The van der Waals surface area contributed by atoms with Crippen LogP contribution in [0.25, 0.3) is 66.8 Å². The zero-order chi connectivity index (χ0) is 51.6. The molecular weight excluding hydrogens is 883 g/mol. The van der Waals surface area contributed by atoms with Gasteiger partial charge in [-0.05, 0) is 201 Å². The molecule has 0 aliphatic carbocycles. The van der Waals surface area contributed by atoms with Crippen molar-refractivity contribution in [3.63, 3.8) is 0 Å². The summed E-state index contributed by atoms with van der Waals surface area (Å²) in [6, 6.07) is 48.3. The van der Waals surface area contributed by atoms with Crippen molar-refractivity contribution in [3.8, 4) is 66.8 Å². The third-order valence-electron chi connectivity index (χ3n) is 14.6. The van der Waals surface area contributed by atoms with Crippen molar-refractivity contribution in [2.75, 3.05) is 0 Å². The highest BCUT2D eigenvalue weighted by Crippen LogP contribution is 2.48. The first-order chi connectivity index (χ1) is 33.7. The van der Waals surface area contributed by atoms with Gasteiger partial charge < -0.3 is 0 Å². The Morgan fingerprint density at radius 1 is 0.338 bits per heavy atom. The van der Waals surface area contributed by atoms with Gasteiger partial charge in [0.1, 0.15) is 4.33 Å². The Bertz CT molecular complexity index is 2570. The molecule has 0 saturated heterocycles. The first-order valence-corrected chi connectivity index (χ1v) is 27.4. The Morgan fingerprint density at radius 3 is 0.732 bits per heavy atom. The van der Waals surface area contributed by atoms with Gasteiger partial charge in [-0.15, -0.1) is 0 Å². The molecule has 0 atom stereocenters. The van der Waals surface area contributed by atoms with Crippen LogP contribution in [0.1, 0.15) is 208 Å². The maximum absolute atomic E-state index is 12.6. The summed E-state index contributed by atoms with van der Waals surface area (Å²) in [7, 11) is 0. The van der Waals surface area contributed by atoms with Gasteiger partial charge in [0.2, 0.25) is 11.9 Å². The van der Waals surface area contributed by atoms with E-state index in [0.29, 0.717) is 47.3 Å². The first-order valence-electron chi connectivity index (χ1n) is 26.4. The summed E-state index contributed by atoms with van der Waals surface area (Å²) in [5.74, 6) is 2.62. The quantitative estimate of drug-likeness (QED) is 0.0519. The number of nitrogens with zero attached hydrogens (tertiary/aromatic N) is 1. The van der Waals surface area contributed by atoms with Crippen molar-refractivity contribution in [1.82, 2.24) is 0 Å². The molecule has 3 nitrogen and oxygen atoms in total. The van der Waals surface area contributed by atoms with Crippen molar-refractivity contribution in [3.05, 3.63) is 188 Å². The van der Waals surface area contributed by atoms with Crippen LogP contribution in [-0.4, -0.2) is 4.33 Å². The normalized spacial score (nSPS) is 12.1. The van der Waals surface area contributed by atoms with Gasteiger partial charge >= 0.3 is 0 Å². The van der Waals surface area contributed by atoms with E-state index in [4.69, 9.17) is 0 Å². The second kappa shape index (κ2) is 22.4. The van der Waals surface area contributed by atoms with E-state index in [2.05, 4.69) is 238 Å². The standard InChI is InChI=1S/C67H79NO2S/c1-39(2)53-22-17-23-54(40(3)4)64(53)49-32-47(33-50(36-49)65-55(41(5)6)24-18-25-56(65)42(7)8)61-30-21-31-62(63(61)38-71-68(69)70)48-34-51(66-57(43(9)10)26-19-27-58(66)44(11)12)37-52(35-48)67-59(45(13)14)28-20-29-60(67)46(15)16/h17-37,39-46H,38H2,1-16H3. The molecule has 7 aromatic rings. The van der Waals surface area contributed by atoms with Crippen molar-refractivity contribution < 1.29 is 4.33 Å². The highest BCUT2D eigenvalue weighted by Gasteiger charge is 2.26. The van der Waals surface area contributed by atoms with Gasteiger partial charge in [-0.1, -0.05) is 202 Å². The average molecular weight is 962 g/mol. The topological polar surface area (TPSA) is 43.1 Å². The second-order valence-electron chi connectivity index (χ2n) is 22.4. The predicted octanol–water partition coefficient (Wildman–Crippen LogP) is 21.1. The summed E-state index contributed by atoms with van der Waals surface area (Å²) in [6.45, 7) is 36.7. The molecule has 0 radical (unpaired) electrons. The lowest BCUT2D eigenvalue weighted by molar-refractivity contribution is -0.284. The van der Waals surface area contributed by atoms with E-state index < -0.39 is 0 Å². The van der Waals surface area contributed by atoms with Crippen molar-refractivity contribution in [1.29, 1.82) is 0 Å². The average Bonchev–Trinajstić information content (AvgIpc) is 3.33. The molecule has 7 aromatic carbocycles. The number of rotatable bonds is 17. The van der Waals surface area contributed by atoms with Crippen molar-refractivity contribution in [2.24, 2.45) is 0 Å². The molecule has 0 heterocycles. The maximum Gasteiger partial charge on any atom is 0.232 e. The van der Waals surface area contributed by atoms with E-state index >= 15 is 0 Å². The van der Waals surface area contributed by atoms with Gasteiger partial charge in [0, 0.05) is 0 Å². The zero-order valence-electron chi connectivity index (χ0n) is 45.6. The van der Waals surface area contributed by atoms with Crippen LogP contribution in [0.4, 0.5) is 0 Å². The molecule has 0 fully saturated rings. The van der Waals surface area contributed by atoms with Crippen LogP contribution < -0.4 is 0 Å². The van der Waals surface area contributed by atoms with E-state index in [1.807, 2.05) is 0 Å². The molecule has 7 rings (SSSR count). The Kier molecular flexibility index (Phi) is 16.7. The predicted molar refractivity (Wildman–Crippen MR) is 310 cm³/mol. The monoisotopic (exact) mass is 962 g/mol. The van der Waals surface area contributed by atoms with Crippen LogP contribution in [0, 0.1) is 10.1 Å². The van der Waals surface area contributed by atoms with Crippen LogP contribution in [0.3, 0.4) is 0 Å². The lowest BCUT2D eigenvalue weighted by Gasteiger charge is -2.25. The molecular formula is C67H79NO2S. The Morgan fingerprint density at radius 2 is 0.535 bits per heavy atom. The minimum absolute atomic E-state index is 0.205. The lowest BCUT2D eigenvalue weighted by Crippen LogP contribution is -2.03. The third kappa shape index (κ3) is 11.2. The highest BCUT2D eigenvalue weighted by molar-refractivity contribution is 7.92. The summed E-state index contributed by atoms with van der Waals surface area (Å²) in [4.78, 5) is 12.6. The van der Waals surface area contributed by atoms with Gasteiger partial charge in [-0.2, -0.15) is 0 Å². The number of benzene rings is 7. The second-order valence-corrected chi connectivity index (χ2v) is 23.3. The molecule has 0 N–H and O–H groups in total. The van der Waals surface area contributed by atoms with Gasteiger partial charge in [0.05, 0.1) is 5.75 Å². The molecule has 0 aliphatic rings. The number of hydrogen-bond donors (Lipinski definition) is 0. The fourth-order valence-electron chi connectivity index (χ4n) is 11.1. The van der Waals surface area contributed by atoms with E-state index in [-0.39, 0.29) is 10.1 Å². The summed E-state index contributed by atoms with van der Waals surface area (Å²) < 4.78 is -0.229. The fourth-order valence-corrected chi connectivity index (χ4v) is 11.6. The molecule has 0 unspecified atom stereocenters. The Hall–Kier alpha value is -5.71. The van der Waals surface area contributed by atoms with Gasteiger partial charge in [-0.25, -0.2) is 0 Å². The van der Waals surface area contributed by atoms with Gasteiger partial charge in [-0.3, -0.25) is 10.1 Å². The summed E-state index contributed by atoms with van der Waals surface area (Å²) in [6.07, 6.45) is 0. The lowest BCUT2D eigenvalue weighted by atomic mass is 9.79. The SMILES string of the molecule is CC(C)c1cccc(C(C)C)c1-c1cc(-c2cccc(-c3cc(-c4c(C(C)C)cccc4C(C)C)cc(-c4c(C(C)C)cccc4C(C)C)c3)c2CS[N+](=O)[O-])cc(-c2c(C(C)C)cccc2C(C)C)c1. The molecule has 0 bridgehead atoms. The van der Waals surface area contributed by atoms with Crippen LogP contribution in [0.15, 0.2) is 127 Å². The van der Waals surface area contributed by atoms with Crippen LogP contribution in [-0.2, 0) is 5.75 Å². The molecule has 71 heavy (non-hydrogen) atoms. The Labute approximate surface area is 432 Å². The van der Waals surface area contributed by atoms with Crippen molar-refractivity contribution in [2.45, 2.75) is 164 Å². The van der Waals surface area contributed by atoms with Gasteiger partial charge in [0.15, 0.2) is 0 Å². The van der Waals surface area contributed by atoms with E-state index in [1.165, 1.54) is 89.0 Å². The smallest absolute Gasteiger partial charge is 0.232 e. The molecule has 0 amide bonds. The molecule has 0 spiro atoms. The minimum atomic E-state index is -0.229. The van der Waals surface area contributed by atoms with Crippen LogP contribution in [0.5, 0.6) is 0 Å². The molecule has 4 heteroatoms. The summed E-state index contributed by atoms with van der Waals surface area (Å²) in [5, 5.41) is 12.6. The minimum Gasteiger partial charge on any atom is -0.251 e. The Balaban J connectivity index is 1.65. The van der Waals surface area contributed by atoms with Crippen molar-refractivity contribution >= 4 is 11.9 Å². The molecule has 370 valence electrons. The zero-order valence-corrected chi connectivity index (χ0v) is 46.4. The molecule has 0 aliphatic heterocycles. The number of hydrogen-bond acceptors (Lipinski definition) is 3. The summed E-state index contributed by atoms with van der Waals surface area (Å²) in [5.41, 5.74) is 25.6. The van der Waals surface area contributed by atoms with Crippen LogP contribution >= 0.6 is 11.9 Å². The highest BCUT2D eigenvalue weighted by atomic mass is 32.2. The first kappa shape index (κ1) is 53.1. The van der Waals surface area contributed by atoms with E-state index in [0.717, 1.165) is 39.8 Å². The number of nitro groups is 1. The third-order valence-corrected chi connectivity index (χ3v) is 15.3. The maximum atomic E-state index is 12.6. The van der Waals surface area contributed by atoms with Crippen LogP contribution in [0.2, 0.25) is 0 Å². The summed E-state index contributed by atoms with van der Waals surface area (Å²) >= 11 is 0.777. The molecule has 0 saturated carbocycles. The van der Waals surface area contributed by atoms with E-state index in [9.17, 15) is 10.1 Å². The van der Waals surface area contributed by atoms with Gasteiger partial charge in [0.25, 0.3) is 0 Å².